The molecule has 0 fully saturated rings. The molecule has 0 bridgehead atoms. The van der Waals surface area contributed by atoms with E-state index in [9.17, 15) is 8.78 Å². The maximum atomic E-state index is 12.6. The molecule has 0 unspecified atom stereocenters. The lowest BCUT2D eigenvalue weighted by molar-refractivity contribution is 0.453. The minimum Gasteiger partial charge on any atom is -0.507 e. The van der Waals surface area contributed by atoms with Gasteiger partial charge in [-0.1, -0.05) is 12.2 Å². The highest BCUT2D eigenvalue weighted by Gasteiger charge is 2.05. The Morgan fingerprint density at radius 1 is 1.31 bits per heavy atom. The van der Waals surface area contributed by atoms with Crippen molar-refractivity contribution in [3.63, 3.8) is 0 Å². The summed E-state index contributed by atoms with van der Waals surface area (Å²) in [5.41, 5.74) is 5.37. The monoisotopic (exact) mass is 185 g/mol. The first kappa shape index (κ1) is 9.67. The fourth-order valence-electron chi connectivity index (χ4n) is 0.880. The third-order valence-electron chi connectivity index (χ3n) is 1.50. The molecule has 13 heavy (non-hydrogen) atoms. The highest BCUT2D eigenvalue weighted by molar-refractivity contribution is 5.56. The summed E-state index contributed by atoms with van der Waals surface area (Å²) in [6.45, 7) is 0.276. The van der Waals surface area contributed by atoms with Crippen molar-refractivity contribution in [2.45, 2.75) is 0 Å². The van der Waals surface area contributed by atoms with E-state index in [-0.39, 0.29) is 17.9 Å². The zero-order valence-electron chi connectivity index (χ0n) is 6.80. The van der Waals surface area contributed by atoms with Crippen LogP contribution in [-0.2, 0) is 0 Å². The molecule has 0 amide bonds. The van der Waals surface area contributed by atoms with Crippen molar-refractivity contribution in [3.8, 4) is 5.75 Å². The van der Waals surface area contributed by atoms with Gasteiger partial charge in [0.2, 0.25) is 0 Å². The van der Waals surface area contributed by atoms with Crippen LogP contribution >= 0.6 is 0 Å². The number of hydrogen-bond acceptors (Lipinski definition) is 2. The fraction of sp³-hybridized carbons (Fsp3) is 0.111. The van der Waals surface area contributed by atoms with Crippen LogP contribution < -0.4 is 5.73 Å². The number of hydrogen-bond donors (Lipinski definition) is 2. The van der Waals surface area contributed by atoms with Crippen LogP contribution in [0.3, 0.4) is 0 Å². The van der Waals surface area contributed by atoms with Gasteiger partial charge in [-0.25, -0.2) is 8.78 Å². The summed E-state index contributed by atoms with van der Waals surface area (Å²) in [6, 6.07) is 1.64. The van der Waals surface area contributed by atoms with Crippen LogP contribution in [0.4, 0.5) is 8.78 Å². The third-order valence-corrected chi connectivity index (χ3v) is 1.50. The maximum Gasteiger partial charge on any atom is 0.162 e. The molecule has 0 radical (unpaired) electrons. The van der Waals surface area contributed by atoms with E-state index in [4.69, 9.17) is 10.8 Å². The number of benzene rings is 1. The van der Waals surface area contributed by atoms with Crippen LogP contribution in [0.15, 0.2) is 18.2 Å². The lowest BCUT2D eigenvalue weighted by atomic mass is 10.2. The molecule has 70 valence electrons. The summed E-state index contributed by atoms with van der Waals surface area (Å²) in [6.07, 6.45) is 2.96. The van der Waals surface area contributed by atoms with Crippen molar-refractivity contribution in [2.75, 3.05) is 6.54 Å². The number of nitrogens with two attached hydrogens (primary N) is 1. The quantitative estimate of drug-likeness (QED) is 0.735. The van der Waals surface area contributed by atoms with Crippen LogP contribution in [0.2, 0.25) is 0 Å². The average Bonchev–Trinajstić information content (AvgIpc) is 2.09. The predicted molar refractivity (Wildman–Crippen MR) is 46.1 cm³/mol. The SMILES string of the molecule is NCC=Cc1cc(F)c(F)cc1O. The highest BCUT2D eigenvalue weighted by Crippen LogP contribution is 2.21. The van der Waals surface area contributed by atoms with Gasteiger partial charge in [-0.15, -0.1) is 0 Å². The molecule has 0 aliphatic rings. The smallest absolute Gasteiger partial charge is 0.162 e. The van der Waals surface area contributed by atoms with E-state index < -0.39 is 11.6 Å². The molecule has 1 aromatic carbocycles. The van der Waals surface area contributed by atoms with Gasteiger partial charge in [-0.2, -0.15) is 0 Å². The Balaban J connectivity index is 3.08. The summed E-state index contributed by atoms with van der Waals surface area (Å²) in [7, 11) is 0. The minimum atomic E-state index is -1.07. The van der Waals surface area contributed by atoms with E-state index in [1.54, 1.807) is 0 Å². The van der Waals surface area contributed by atoms with Gasteiger partial charge in [0.15, 0.2) is 11.6 Å². The normalized spacial score (nSPS) is 11.0. The number of phenolic OH excluding ortho intramolecular Hbond substituents is 1. The average molecular weight is 185 g/mol. The molecule has 0 saturated carbocycles. The Labute approximate surface area is 74.3 Å². The van der Waals surface area contributed by atoms with Crippen LogP contribution in [0, 0.1) is 11.6 Å². The van der Waals surface area contributed by atoms with Gasteiger partial charge in [0.1, 0.15) is 5.75 Å². The summed E-state index contributed by atoms with van der Waals surface area (Å²) in [4.78, 5) is 0. The summed E-state index contributed by atoms with van der Waals surface area (Å²) in [5, 5.41) is 9.14. The number of rotatable bonds is 2. The second-order valence-electron chi connectivity index (χ2n) is 2.46. The molecule has 3 N–H and O–H groups in total. The molecule has 0 heterocycles. The van der Waals surface area contributed by atoms with Gasteiger partial charge < -0.3 is 10.8 Å². The van der Waals surface area contributed by atoms with Crippen LogP contribution in [0.25, 0.3) is 6.08 Å². The van der Waals surface area contributed by atoms with Crippen LogP contribution in [-0.4, -0.2) is 11.7 Å². The Morgan fingerprint density at radius 2 is 1.92 bits per heavy atom. The molecule has 2 nitrogen and oxygen atoms in total. The first-order chi connectivity index (χ1) is 6.15. The molecule has 1 aromatic rings. The van der Waals surface area contributed by atoms with Crippen molar-refractivity contribution >= 4 is 6.08 Å². The summed E-state index contributed by atoms with van der Waals surface area (Å²) in [5.74, 6) is -2.36. The van der Waals surface area contributed by atoms with Gasteiger partial charge in [0, 0.05) is 18.2 Å². The van der Waals surface area contributed by atoms with Crippen molar-refractivity contribution in [1.82, 2.24) is 0 Å². The maximum absolute atomic E-state index is 12.6. The molecule has 4 heteroatoms. The molecule has 0 saturated heterocycles. The zero-order valence-corrected chi connectivity index (χ0v) is 6.80. The minimum absolute atomic E-state index is 0.212. The second kappa shape index (κ2) is 4.00. The molecule has 0 spiro atoms. The Morgan fingerprint density at radius 3 is 2.54 bits per heavy atom. The summed E-state index contributed by atoms with van der Waals surface area (Å²) < 4.78 is 25.1. The van der Waals surface area contributed by atoms with Gasteiger partial charge in [0.25, 0.3) is 0 Å². The van der Waals surface area contributed by atoms with Crippen LogP contribution in [0.5, 0.6) is 5.75 Å². The topological polar surface area (TPSA) is 46.2 Å². The van der Waals surface area contributed by atoms with E-state index >= 15 is 0 Å². The van der Waals surface area contributed by atoms with Crippen molar-refractivity contribution in [1.29, 1.82) is 0 Å². The van der Waals surface area contributed by atoms with E-state index in [0.29, 0.717) is 0 Å². The van der Waals surface area contributed by atoms with E-state index in [2.05, 4.69) is 0 Å². The summed E-state index contributed by atoms with van der Waals surface area (Å²) >= 11 is 0. The number of aromatic hydroxyl groups is 1. The zero-order chi connectivity index (χ0) is 9.84. The molecule has 0 aliphatic heterocycles. The Bertz CT molecular complexity index is 337. The van der Waals surface area contributed by atoms with E-state index in [1.165, 1.54) is 12.2 Å². The van der Waals surface area contributed by atoms with E-state index in [1.807, 2.05) is 0 Å². The molecule has 0 aliphatic carbocycles. The first-order valence-corrected chi connectivity index (χ1v) is 3.69. The van der Waals surface area contributed by atoms with Crippen LogP contribution in [0.1, 0.15) is 5.56 Å². The van der Waals surface area contributed by atoms with Gasteiger partial charge in [-0.3, -0.25) is 0 Å². The highest BCUT2D eigenvalue weighted by atomic mass is 19.2. The standard InChI is InChI=1S/C9H9F2NO/c10-7-4-6(2-1-3-12)9(13)5-8(7)11/h1-2,4-5,13H,3,12H2. The molecular weight excluding hydrogens is 176 g/mol. The lowest BCUT2D eigenvalue weighted by Gasteiger charge is -1.99. The number of phenols is 1. The van der Waals surface area contributed by atoms with Gasteiger partial charge >= 0.3 is 0 Å². The van der Waals surface area contributed by atoms with Crippen molar-refractivity contribution in [3.05, 3.63) is 35.4 Å². The largest absolute Gasteiger partial charge is 0.507 e. The van der Waals surface area contributed by atoms with Gasteiger partial charge in [0.05, 0.1) is 0 Å². The fourth-order valence-corrected chi connectivity index (χ4v) is 0.880. The number of halogens is 2. The van der Waals surface area contributed by atoms with Crippen molar-refractivity contribution < 1.29 is 13.9 Å². The molecule has 1 rings (SSSR count). The van der Waals surface area contributed by atoms with Gasteiger partial charge in [-0.05, 0) is 6.07 Å². The third kappa shape index (κ3) is 2.26. The lowest BCUT2D eigenvalue weighted by Crippen LogP contribution is -1.92. The van der Waals surface area contributed by atoms with Crippen molar-refractivity contribution in [2.24, 2.45) is 5.73 Å². The Kier molecular flexibility index (Phi) is 2.97. The second-order valence-corrected chi connectivity index (χ2v) is 2.46. The molecule has 0 aromatic heterocycles. The molecular formula is C9H9F2NO. The first-order valence-electron chi connectivity index (χ1n) is 3.69. The Hall–Kier alpha value is -1.42. The molecule has 0 atom stereocenters. The van der Waals surface area contributed by atoms with E-state index in [0.717, 1.165) is 12.1 Å². The predicted octanol–water partition coefficient (Wildman–Crippen LogP) is 1.64.